The highest BCUT2D eigenvalue weighted by Gasteiger charge is 2.03. The molecule has 0 spiro atoms. The van der Waals surface area contributed by atoms with Crippen LogP contribution < -0.4 is 11.1 Å². The largest absolute Gasteiger partial charge is 0.389 e. The molecule has 0 fully saturated rings. The first-order chi connectivity index (χ1) is 8.66. The monoisotopic (exact) mass is 257 g/mol. The second-order valence-electron chi connectivity index (χ2n) is 4.07. The number of nitrogens with zero attached hydrogens (tertiary/aromatic N) is 1. The summed E-state index contributed by atoms with van der Waals surface area (Å²) < 4.78 is 0. The highest BCUT2D eigenvalue weighted by Crippen LogP contribution is 2.15. The normalized spacial score (nSPS) is 10.1. The molecule has 3 nitrogen and oxygen atoms in total. The molecule has 0 saturated heterocycles. The Kier molecular flexibility index (Phi) is 3.89. The lowest BCUT2D eigenvalue weighted by molar-refractivity contribution is 1.08. The van der Waals surface area contributed by atoms with Gasteiger partial charge in [0.05, 0.1) is 0 Å². The number of anilines is 1. The number of aryl methyl sites for hydroxylation is 1. The van der Waals surface area contributed by atoms with Crippen LogP contribution >= 0.6 is 12.2 Å². The molecule has 0 amide bonds. The van der Waals surface area contributed by atoms with Gasteiger partial charge in [0, 0.05) is 29.7 Å². The van der Waals surface area contributed by atoms with Crippen molar-refractivity contribution in [1.29, 1.82) is 0 Å². The van der Waals surface area contributed by atoms with Crippen LogP contribution in [0.5, 0.6) is 0 Å². The van der Waals surface area contributed by atoms with Gasteiger partial charge in [-0.3, -0.25) is 4.98 Å². The summed E-state index contributed by atoms with van der Waals surface area (Å²) in [5.74, 6) is 0. The molecule has 1 aromatic heterocycles. The molecule has 18 heavy (non-hydrogen) atoms. The molecule has 92 valence electrons. The van der Waals surface area contributed by atoms with Crippen molar-refractivity contribution >= 4 is 22.9 Å². The molecule has 1 aromatic carbocycles. The van der Waals surface area contributed by atoms with Crippen LogP contribution in [0.2, 0.25) is 0 Å². The summed E-state index contributed by atoms with van der Waals surface area (Å²) in [4.78, 5) is 4.66. The van der Waals surface area contributed by atoms with E-state index in [9.17, 15) is 0 Å². The number of nitrogens with one attached hydrogen (secondary N) is 1. The minimum absolute atomic E-state index is 0.403. The molecule has 2 rings (SSSR count). The van der Waals surface area contributed by atoms with Crippen molar-refractivity contribution in [3.05, 3.63) is 59.4 Å². The van der Waals surface area contributed by atoms with Gasteiger partial charge in [-0.1, -0.05) is 30.4 Å². The zero-order valence-electron chi connectivity index (χ0n) is 10.2. The fourth-order valence-corrected chi connectivity index (χ4v) is 1.83. The van der Waals surface area contributed by atoms with Gasteiger partial charge >= 0.3 is 0 Å². The topological polar surface area (TPSA) is 50.9 Å². The molecule has 0 unspecified atom stereocenters. The molecule has 0 aliphatic rings. The van der Waals surface area contributed by atoms with E-state index in [1.807, 2.05) is 43.5 Å². The van der Waals surface area contributed by atoms with Crippen molar-refractivity contribution < 1.29 is 0 Å². The van der Waals surface area contributed by atoms with Gasteiger partial charge in [0.15, 0.2) is 0 Å². The molecule has 2 aromatic rings. The molecule has 0 atom stereocenters. The van der Waals surface area contributed by atoms with Crippen LogP contribution in [0.15, 0.2) is 42.6 Å². The Morgan fingerprint density at radius 3 is 2.72 bits per heavy atom. The average Bonchev–Trinajstić information content (AvgIpc) is 2.38. The average molecular weight is 257 g/mol. The quantitative estimate of drug-likeness (QED) is 0.827. The zero-order chi connectivity index (χ0) is 13.0. The third-order valence-corrected chi connectivity index (χ3v) is 2.87. The van der Waals surface area contributed by atoms with E-state index in [2.05, 4.69) is 16.4 Å². The summed E-state index contributed by atoms with van der Waals surface area (Å²) in [6.45, 7) is 2.67. The van der Waals surface area contributed by atoms with Gasteiger partial charge in [-0.25, -0.2) is 0 Å². The van der Waals surface area contributed by atoms with Crippen LogP contribution in [0.4, 0.5) is 5.69 Å². The van der Waals surface area contributed by atoms with E-state index in [1.54, 1.807) is 0 Å². The van der Waals surface area contributed by atoms with E-state index in [0.29, 0.717) is 11.5 Å². The molecule has 0 bridgehead atoms. The number of pyridine rings is 1. The van der Waals surface area contributed by atoms with Gasteiger partial charge in [-0.15, -0.1) is 0 Å². The number of rotatable bonds is 4. The van der Waals surface area contributed by atoms with E-state index in [1.165, 1.54) is 0 Å². The van der Waals surface area contributed by atoms with Crippen molar-refractivity contribution in [1.82, 2.24) is 4.98 Å². The highest BCUT2D eigenvalue weighted by atomic mass is 32.1. The number of nitrogens with two attached hydrogens (primary N) is 1. The number of hydrogen-bond donors (Lipinski definition) is 2. The minimum atomic E-state index is 0.403. The Morgan fingerprint density at radius 1 is 1.28 bits per heavy atom. The molecular weight excluding hydrogens is 242 g/mol. The molecule has 0 aliphatic carbocycles. The number of benzene rings is 1. The van der Waals surface area contributed by atoms with Crippen LogP contribution in [-0.4, -0.2) is 9.97 Å². The minimum Gasteiger partial charge on any atom is -0.389 e. The number of hydrogen-bond acceptors (Lipinski definition) is 3. The fraction of sp³-hybridized carbons (Fsp3) is 0.143. The lowest BCUT2D eigenvalue weighted by Crippen LogP contribution is -2.13. The molecule has 4 heteroatoms. The van der Waals surface area contributed by atoms with Crippen LogP contribution in [0, 0.1) is 6.92 Å². The number of thiocarbonyl (C=S) groups is 1. The molecule has 0 radical (unpaired) electrons. The first-order valence-corrected chi connectivity index (χ1v) is 6.12. The van der Waals surface area contributed by atoms with E-state index in [0.717, 1.165) is 22.5 Å². The van der Waals surface area contributed by atoms with Crippen molar-refractivity contribution in [2.75, 3.05) is 5.32 Å². The van der Waals surface area contributed by atoms with Gasteiger partial charge in [-0.2, -0.15) is 0 Å². The standard InChI is InChI=1S/C14H15N3S/c1-10-6-7-11(8-16-10)9-17-13-5-3-2-4-12(13)14(15)18/h2-8,17H,9H2,1H3,(H2,15,18). The Morgan fingerprint density at radius 2 is 2.06 bits per heavy atom. The predicted octanol–water partition coefficient (Wildman–Crippen LogP) is 2.64. The summed E-state index contributed by atoms with van der Waals surface area (Å²) in [5.41, 5.74) is 9.64. The zero-order valence-corrected chi connectivity index (χ0v) is 11.0. The Hall–Kier alpha value is -1.94. The van der Waals surface area contributed by atoms with Gasteiger partial charge in [0.25, 0.3) is 0 Å². The second-order valence-corrected chi connectivity index (χ2v) is 4.51. The number of aromatic nitrogens is 1. The van der Waals surface area contributed by atoms with Crippen molar-refractivity contribution in [2.24, 2.45) is 5.73 Å². The van der Waals surface area contributed by atoms with E-state index in [-0.39, 0.29) is 0 Å². The first kappa shape index (κ1) is 12.5. The third kappa shape index (κ3) is 3.05. The maximum absolute atomic E-state index is 5.68. The van der Waals surface area contributed by atoms with Crippen LogP contribution in [-0.2, 0) is 6.54 Å². The van der Waals surface area contributed by atoms with Gasteiger partial charge in [0.1, 0.15) is 4.99 Å². The Bertz CT molecular complexity index is 549. The van der Waals surface area contributed by atoms with Crippen molar-refractivity contribution in [3.8, 4) is 0 Å². The third-order valence-electron chi connectivity index (χ3n) is 2.65. The molecule has 3 N–H and O–H groups in total. The summed E-state index contributed by atoms with van der Waals surface area (Å²) >= 11 is 5.02. The van der Waals surface area contributed by atoms with Crippen LogP contribution in [0.3, 0.4) is 0 Å². The molecule has 1 heterocycles. The summed E-state index contributed by atoms with van der Waals surface area (Å²) in [6.07, 6.45) is 1.87. The smallest absolute Gasteiger partial charge is 0.106 e. The SMILES string of the molecule is Cc1ccc(CNc2ccccc2C(N)=S)cn1. The summed E-state index contributed by atoms with van der Waals surface area (Å²) in [6, 6.07) is 11.8. The maximum Gasteiger partial charge on any atom is 0.106 e. The molecular formula is C14H15N3S. The van der Waals surface area contributed by atoms with E-state index in [4.69, 9.17) is 18.0 Å². The summed E-state index contributed by atoms with van der Waals surface area (Å²) in [5, 5.41) is 3.32. The fourth-order valence-electron chi connectivity index (χ4n) is 1.65. The second kappa shape index (κ2) is 5.60. The maximum atomic E-state index is 5.68. The Labute approximate surface area is 112 Å². The first-order valence-electron chi connectivity index (χ1n) is 5.71. The van der Waals surface area contributed by atoms with Gasteiger partial charge < -0.3 is 11.1 Å². The highest BCUT2D eigenvalue weighted by molar-refractivity contribution is 7.80. The summed E-state index contributed by atoms with van der Waals surface area (Å²) in [7, 11) is 0. The van der Waals surface area contributed by atoms with E-state index < -0.39 is 0 Å². The molecule has 0 saturated carbocycles. The lowest BCUT2D eigenvalue weighted by atomic mass is 10.1. The van der Waals surface area contributed by atoms with Gasteiger partial charge in [0.2, 0.25) is 0 Å². The Balaban J connectivity index is 2.10. The van der Waals surface area contributed by atoms with Crippen molar-refractivity contribution in [2.45, 2.75) is 13.5 Å². The lowest BCUT2D eigenvalue weighted by Gasteiger charge is -2.10. The van der Waals surface area contributed by atoms with Crippen LogP contribution in [0.25, 0.3) is 0 Å². The van der Waals surface area contributed by atoms with Gasteiger partial charge in [-0.05, 0) is 30.7 Å². The molecule has 0 aliphatic heterocycles. The number of para-hydroxylation sites is 1. The predicted molar refractivity (Wildman–Crippen MR) is 78.6 cm³/mol. The van der Waals surface area contributed by atoms with Crippen LogP contribution in [0.1, 0.15) is 16.8 Å². The van der Waals surface area contributed by atoms with Crippen molar-refractivity contribution in [3.63, 3.8) is 0 Å². The van der Waals surface area contributed by atoms with E-state index >= 15 is 0 Å².